The zero-order chi connectivity index (χ0) is 20.0. The molecule has 0 unspecified atom stereocenters. The number of piperazine rings is 1. The fraction of sp³-hybridized carbons (Fsp3) is 0.333. The monoisotopic (exact) mass is 426 g/mol. The summed E-state index contributed by atoms with van der Waals surface area (Å²) in [7, 11) is 3.39. The second-order valence-electron chi connectivity index (χ2n) is 7.06. The number of hydrogen-bond acceptors (Lipinski definition) is 8. The third-order valence-electron chi connectivity index (χ3n) is 5.32. The Balaban J connectivity index is 1.35. The summed E-state index contributed by atoms with van der Waals surface area (Å²) in [5.41, 5.74) is 3.21. The minimum Gasteiger partial charge on any atom is -0.497 e. The van der Waals surface area contributed by atoms with E-state index in [0.29, 0.717) is 0 Å². The van der Waals surface area contributed by atoms with Gasteiger partial charge in [0.05, 0.1) is 29.1 Å². The van der Waals surface area contributed by atoms with Crippen molar-refractivity contribution in [1.29, 1.82) is 0 Å². The van der Waals surface area contributed by atoms with Gasteiger partial charge in [0, 0.05) is 32.2 Å². The first-order chi connectivity index (χ1) is 14.2. The first-order valence-electron chi connectivity index (χ1n) is 9.55. The van der Waals surface area contributed by atoms with Gasteiger partial charge in [-0.3, -0.25) is 0 Å². The number of hydrogen-bond donors (Lipinski definition) is 0. The average Bonchev–Trinajstić information content (AvgIpc) is 3.39. The lowest BCUT2D eigenvalue weighted by Crippen LogP contribution is -2.46. The highest BCUT2D eigenvalue weighted by Crippen LogP contribution is 2.37. The van der Waals surface area contributed by atoms with Crippen molar-refractivity contribution in [2.45, 2.75) is 6.92 Å². The molecular weight excluding hydrogens is 404 g/mol. The van der Waals surface area contributed by atoms with Gasteiger partial charge in [0.15, 0.2) is 10.3 Å². The van der Waals surface area contributed by atoms with E-state index in [1.165, 1.54) is 15.0 Å². The van der Waals surface area contributed by atoms with Gasteiger partial charge in [-0.15, -0.1) is 0 Å². The molecule has 0 amide bonds. The smallest absolute Gasteiger partial charge is 0.186 e. The maximum Gasteiger partial charge on any atom is 0.186 e. The molecule has 1 saturated heterocycles. The van der Waals surface area contributed by atoms with Crippen LogP contribution < -0.4 is 19.3 Å². The van der Waals surface area contributed by atoms with Gasteiger partial charge in [-0.25, -0.2) is 9.97 Å². The van der Waals surface area contributed by atoms with Gasteiger partial charge in [-0.1, -0.05) is 28.7 Å². The van der Waals surface area contributed by atoms with Crippen LogP contribution in [0.4, 0.5) is 10.3 Å². The Kier molecular flexibility index (Phi) is 4.67. The molecule has 1 aliphatic rings. The number of thiazole rings is 2. The Morgan fingerprint density at radius 3 is 2.28 bits per heavy atom. The number of rotatable bonds is 4. The van der Waals surface area contributed by atoms with Crippen molar-refractivity contribution in [3.8, 4) is 11.5 Å². The van der Waals surface area contributed by atoms with Crippen LogP contribution in [-0.4, -0.2) is 50.4 Å². The number of methoxy groups -OCH3 is 2. The molecule has 0 spiro atoms. The molecule has 0 N–H and O–H groups in total. The largest absolute Gasteiger partial charge is 0.497 e. The maximum absolute atomic E-state index is 5.50. The molecule has 2 aromatic heterocycles. The van der Waals surface area contributed by atoms with E-state index in [2.05, 4.69) is 28.9 Å². The molecule has 1 fully saturated rings. The van der Waals surface area contributed by atoms with Gasteiger partial charge in [-0.05, 0) is 30.7 Å². The Hall–Kier alpha value is -2.58. The summed E-state index contributed by atoms with van der Waals surface area (Å²) >= 11 is 3.50. The van der Waals surface area contributed by atoms with E-state index in [9.17, 15) is 0 Å². The van der Waals surface area contributed by atoms with E-state index in [0.717, 1.165) is 59.0 Å². The van der Waals surface area contributed by atoms with E-state index in [1.807, 2.05) is 18.2 Å². The van der Waals surface area contributed by atoms with Crippen LogP contribution in [0, 0.1) is 6.92 Å². The maximum atomic E-state index is 5.50. The lowest BCUT2D eigenvalue weighted by Gasteiger charge is -2.34. The van der Waals surface area contributed by atoms with Gasteiger partial charge in [0.2, 0.25) is 0 Å². The van der Waals surface area contributed by atoms with Crippen LogP contribution in [-0.2, 0) is 0 Å². The molecule has 2 aromatic carbocycles. The fourth-order valence-electron chi connectivity index (χ4n) is 3.64. The van der Waals surface area contributed by atoms with Crippen molar-refractivity contribution in [3.63, 3.8) is 0 Å². The molecule has 8 heteroatoms. The van der Waals surface area contributed by atoms with Crippen molar-refractivity contribution in [3.05, 3.63) is 35.9 Å². The summed E-state index contributed by atoms with van der Waals surface area (Å²) in [6.45, 7) is 5.86. The first kappa shape index (κ1) is 18.4. The van der Waals surface area contributed by atoms with Crippen molar-refractivity contribution in [1.82, 2.24) is 9.97 Å². The summed E-state index contributed by atoms with van der Waals surface area (Å²) in [5.74, 6) is 1.69. The van der Waals surface area contributed by atoms with Crippen LogP contribution in [0.5, 0.6) is 11.5 Å². The number of aryl methyl sites for hydroxylation is 1. The highest BCUT2D eigenvalue weighted by atomic mass is 32.1. The van der Waals surface area contributed by atoms with E-state index in [1.54, 1.807) is 36.9 Å². The van der Waals surface area contributed by atoms with Gasteiger partial charge < -0.3 is 19.3 Å². The topological polar surface area (TPSA) is 50.7 Å². The quantitative estimate of drug-likeness (QED) is 0.477. The molecule has 4 aromatic rings. The lowest BCUT2D eigenvalue weighted by atomic mass is 10.2. The first-order valence-corrected chi connectivity index (χ1v) is 11.2. The highest BCUT2D eigenvalue weighted by Gasteiger charge is 2.23. The molecule has 0 bridgehead atoms. The van der Waals surface area contributed by atoms with E-state index < -0.39 is 0 Å². The van der Waals surface area contributed by atoms with Crippen molar-refractivity contribution in [2.75, 3.05) is 50.2 Å². The predicted octanol–water partition coefficient (Wildman–Crippen LogP) is 4.56. The number of anilines is 2. The van der Waals surface area contributed by atoms with Crippen LogP contribution in [0.1, 0.15) is 5.56 Å². The normalized spacial score (nSPS) is 14.7. The highest BCUT2D eigenvalue weighted by molar-refractivity contribution is 7.22. The van der Waals surface area contributed by atoms with Gasteiger partial charge in [0.1, 0.15) is 17.0 Å². The van der Waals surface area contributed by atoms with Gasteiger partial charge >= 0.3 is 0 Å². The number of ether oxygens (including phenoxy) is 2. The lowest BCUT2D eigenvalue weighted by molar-refractivity contribution is 0.415. The summed E-state index contributed by atoms with van der Waals surface area (Å²) < 4.78 is 13.2. The molecule has 0 radical (unpaired) electrons. The summed E-state index contributed by atoms with van der Waals surface area (Å²) in [6.07, 6.45) is 0. The van der Waals surface area contributed by atoms with Crippen LogP contribution in [0.3, 0.4) is 0 Å². The second kappa shape index (κ2) is 7.35. The van der Waals surface area contributed by atoms with E-state index in [-0.39, 0.29) is 0 Å². The Labute approximate surface area is 177 Å². The standard InChI is InChI=1S/C21H22N4O2S2/c1-13-4-6-16(27-3)18-19(13)29-21(23-18)25-10-8-24(9-11-25)20-22-15-12-14(26-2)5-7-17(15)28-20/h4-7,12H,8-11H2,1-3H3. The number of aromatic nitrogens is 2. The zero-order valence-corrected chi connectivity index (χ0v) is 18.3. The van der Waals surface area contributed by atoms with Crippen LogP contribution in [0.2, 0.25) is 0 Å². The molecule has 1 aliphatic heterocycles. The summed E-state index contributed by atoms with van der Waals surface area (Å²) in [4.78, 5) is 14.5. The molecule has 29 heavy (non-hydrogen) atoms. The van der Waals surface area contributed by atoms with E-state index in [4.69, 9.17) is 19.4 Å². The van der Waals surface area contributed by atoms with Crippen LogP contribution >= 0.6 is 22.7 Å². The van der Waals surface area contributed by atoms with Crippen molar-refractivity contribution in [2.24, 2.45) is 0 Å². The third-order valence-corrected chi connectivity index (χ3v) is 7.66. The Morgan fingerprint density at radius 1 is 0.862 bits per heavy atom. The van der Waals surface area contributed by atoms with Crippen LogP contribution in [0.25, 0.3) is 20.4 Å². The molecule has 3 heterocycles. The van der Waals surface area contributed by atoms with Crippen molar-refractivity contribution < 1.29 is 9.47 Å². The molecule has 6 nitrogen and oxygen atoms in total. The summed E-state index contributed by atoms with van der Waals surface area (Å²) in [6, 6.07) is 10.2. The minimum absolute atomic E-state index is 0.844. The molecule has 0 saturated carbocycles. The van der Waals surface area contributed by atoms with Gasteiger partial charge in [-0.2, -0.15) is 0 Å². The van der Waals surface area contributed by atoms with Crippen molar-refractivity contribution >= 4 is 53.4 Å². The fourth-order valence-corrected chi connectivity index (χ4v) is 5.75. The Bertz CT molecular complexity index is 1180. The molecule has 5 rings (SSSR count). The Morgan fingerprint density at radius 2 is 1.59 bits per heavy atom. The van der Waals surface area contributed by atoms with E-state index >= 15 is 0 Å². The molecule has 0 aliphatic carbocycles. The SMILES string of the molecule is COc1ccc2sc(N3CCN(c4nc5c(OC)ccc(C)c5s4)CC3)nc2c1. The van der Waals surface area contributed by atoms with Crippen LogP contribution in [0.15, 0.2) is 30.3 Å². The average molecular weight is 427 g/mol. The predicted molar refractivity (Wildman–Crippen MR) is 122 cm³/mol. The molecular formula is C21H22N4O2S2. The molecule has 0 atom stereocenters. The number of nitrogens with zero attached hydrogens (tertiary/aromatic N) is 4. The minimum atomic E-state index is 0.844. The third kappa shape index (κ3) is 3.26. The zero-order valence-electron chi connectivity index (χ0n) is 16.6. The number of fused-ring (bicyclic) bond motifs is 2. The van der Waals surface area contributed by atoms with Gasteiger partial charge in [0.25, 0.3) is 0 Å². The molecule has 150 valence electrons. The second-order valence-corrected chi connectivity index (χ2v) is 9.05. The summed E-state index contributed by atoms with van der Waals surface area (Å²) in [5, 5.41) is 2.15. The number of benzene rings is 2.